The Morgan fingerprint density at radius 3 is 1.58 bits per heavy atom. The molecule has 0 bridgehead atoms. The second kappa shape index (κ2) is 41.8. The predicted molar refractivity (Wildman–Crippen MR) is 314 cm³/mol. The lowest BCUT2D eigenvalue weighted by Gasteiger charge is -2.23. The van der Waals surface area contributed by atoms with Crippen LogP contribution in [0.2, 0.25) is 15.1 Å². The third-order valence-corrected chi connectivity index (χ3v) is 13.2. The molecule has 4 aromatic rings. The lowest BCUT2D eigenvalue weighted by atomic mass is 10.0. The van der Waals surface area contributed by atoms with E-state index in [0.717, 1.165) is 16.7 Å². The fraction of sp³-hybridized carbons (Fsp3) is 0.389. The number of nitrogens with two attached hydrogens (primary N) is 3. The van der Waals surface area contributed by atoms with Gasteiger partial charge in [-0.25, -0.2) is 0 Å². The number of carbonyl (C=O) groups excluding carboxylic acids is 9. The van der Waals surface area contributed by atoms with Gasteiger partial charge in [0, 0.05) is 52.3 Å². The average molecular weight is 1190 g/mol. The highest BCUT2D eigenvalue weighted by atomic mass is 35.5. The summed E-state index contributed by atoms with van der Waals surface area (Å²) in [7, 11) is 4.46. The topological polar surface area (TPSA) is 336 Å². The first-order valence-electron chi connectivity index (χ1n) is 24.9. The van der Waals surface area contributed by atoms with Crippen molar-refractivity contribution in [2.75, 3.05) is 51.8 Å². The molecule has 0 aliphatic carbocycles. The molecule has 3 unspecified atom stereocenters. The van der Waals surface area contributed by atoms with Gasteiger partial charge in [0.15, 0.2) is 0 Å². The van der Waals surface area contributed by atoms with Gasteiger partial charge in [0.1, 0.15) is 30.5 Å². The van der Waals surface area contributed by atoms with Gasteiger partial charge in [-0.3, -0.25) is 38.4 Å². The Balaban J connectivity index is 0.000000809. The quantitative estimate of drug-likeness (QED) is 0.0211. The first-order valence-corrected chi connectivity index (χ1v) is 28.7. The minimum Gasteiger partial charge on any atom is -0.397 e. The fourth-order valence-electron chi connectivity index (χ4n) is 6.60. The summed E-state index contributed by atoms with van der Waals surface area (Å²) in [5.74, 6) is -3.68. The van der Waals surface area contributed by atoms with Crippen molar-refractivity contribution in [1.29, 1.82) is 0 Å². The summed E-state index contributed by atoms with van der Waals surface area (Å²) in [5, 5.41) is 27.6. The molecule has 0 aromatic heterocycles. The lowest BCUT2D eigenvalue weighted by Crippen LogP contribution is -2.56. The maximum absolute atomic E-state index is 13.5. The number of amides is 8. The minimum atomic E-state index is -1.12. The van der Waals surface area contributed by atoms with E-state index in [1.807, 2.05) is 37.4 Å². The number of carbonyl (C=O) groups is 9. The third-order valence-electron chi connectivity index (χ3n) is 10.6. The van der Waals surface area contributed by atoms with Gasteiger partial charge >= 0.3 is 0 Å². The van der Waals surface area contributed by atoms with Crippen molar-refractivity contribution >= 4 is 110 Å². The molecule has 0 spiro atoms. The van der Waals surface area contributed by atoms with Gasteiger partial charge in [-0.15, -0.1) is 0 Å². The van der Waals surface area contributed by atoms with Crippen molar-refractivity contribution in [3.63, 3.8) is 0 Å². The molecule has 4 aromatic carbocycles. The number of aliphatic hydroxyl groups is 1. The van der Waals surface area contributed by atoms with Crippen molar-refractivity contribution < 1.29 is 48.3 Å². The van der Waals surface area contributed by atoms with Crippen LogP contribution in [0.15, 0.2) is 97.1 Å². The first-order chi connectivity index (χ1) is 37.7. The first kappa shape index (κ1) is 70.8. The molecular weight excluding hydrogens is 1120 g/mol. The second-order valence-corrected chi connectivity index (χ2v) is 21.0. The zero-order chi connectivity index (χ0) is 59.1. The molecule has 0 fully saturated rings. The van der Waals surface area contributed by atoms with E-state index in [1.165, 1.54) is 21.6 Å². The van der Waals surface area contributed by atoms with Crippen LogP contribution in [-0.4, -0.2) is 135 Å². The highest BCUT2D eigenvalue weighted by Crippen LogP contribution is 2.19. The molecule has 0 saturated heterocycles. The molecular formula is C54H73Cl3N10O10S2. The van der Waals surface area contributed by atoms with Gasteiger partial charge in [0.25, 0.3) is 0 Å². The number of aryl methyl sites for hydroxylation is 2. The number of nitrogens with one attached hydrogen (secondary N) is 7. The van der Waals surface area contributed by atoms with Crippen LogP contribution in [0.1, 0.15) is 65.2 Å². The Kier molecular flexibility index (Phi) is 37.4. The number of rotatable bonds is 29. The number of primary amides is 2. The van der Waals surface area contributed by atoms with Crippen molar-refractivity contribution in [3.05, 3.63) is 140 Å². The van der Waals surface area contributed by atoms with E-state index in [4.69, 9.17) is 57.1 Å². The van der Waals surface area contributed by atoms with Crippen LogP contribution < -0.4 is 54.4 Å². The van der Waals surface area contributed by atoms with Gasteiger partial charge in [-0.2, -0.15) is 0 Å². The van der Waals surface area contributed by atoms with Crippen molar-refractivity contribution in [2.24, 2.45) is 17.2 Å². The normalized spacial score (nSPS) is 11.8. The number of unbranched alkanes of at least 4 members (excludes halogenated alkanes) is 1. The Morgan fingerprint density at radius 1 is 0.620 bits per heavy atom. The molecule has 20 nitrogen and oxygen atoms in total. The predicted octanol–water partition coefficient (Wildman–Crippen LogP) is 3.36. The largest absolute Gasteiger partial charge is 0.397 e. The smallest absolute Gasteiger partial charge is 0.248 e. The molecule has 14 N–H and O–H groups in total. The molecule has 4 atom stereocenters. The molecule has 0 saturated carbocycles. The highest BCUT2D eigenvalue weighted by molar-refractivity contribution is 8.76. The van der Waals surface area contributed by atoms with Gasteiger partial charge in [-0.1, -0.05) is 110 Å². The van der Waals surface area contributed by atoms with Gasteiger partial charge in [0.05, 0.1) is 19.6 Å². The number of aliphatic hydroxyl groups excluding tert-OH is 1. The number of halogens is 3. The second-order valence-electron chi connectivity index (χ2n) is 17.1. The molecule has 79 heavy (non-hydrogen) atoms. The van der Waals surface area contributed by atoms with Crippen LogP contribution in [0, 0.1) is 6.92 Å². The summed E-state index contributed by atoms with van der Waals surface area (Å²) in [6.45, 7) is 3.77. The number of hydrogen-bond acceptors (Lipinski definition) is 14. The summed E-state index contributed by atoms with van der Waals surface area (Å²) in [6.07, 6.45) is 4.86. The maximum Gasteiger partial charge on any atom is 0.248 e. The molecule has 0 aliphatic rings. The van der Waals surface area contributed by atoms with E-state index < -0.39 is 60.2 Å². The average Bonchev–Trinajstić information content (AvgIpc) is 3.41. The highest BCUT2D eigenvalue weighted by Gasteiger charge is 2.28. The van der Waals surface area contributed by atoms with E-state index in [0.29, 0.717) is 64.7 Å². The minimum absolute atomic E-state index is 0.0685. The molecule has 0 radical (unpaired) electrons. The van der Waals surface area contributed by atoms with Crippen LogP contribution in [0.25, 0.3) is 0 Å². The summed E-state index contributed by atoms with van der Waals surface area (Å²) >= 11 is 17.7. The molecule has 8 amide bonds. The van der Waals surface area contributed by atoms with E-state index >= 15 is 0 Å². The van der Waals surface area contributed by atoms with E-state index in [-0.39, 0.29) is 62.4 Å². The number of likely N-dealkylation sites (N-methyl/N-ethyl adjacent to an activating group) is 1. The van der Waals surface area contributed by atoms with Crippen molar-refractivity contribution in [2.45, 2.75) is 83.0 Å². The van der Waals surface area contributed by atoms with Crippen LogP contribution in [-0.2, 0) is 57.6 Å². The molecule has 0 heterocycles. The molecule has 432 valence electrons. The Labute approximate surface area is 484 Å². The summed E-state index contributed by atoms with van der Waals surface area (Å²) in [5.41, 5.74) is 20.0. The third kappa shape index (κ3) is 32.4. The van der Waals surface area contributed by atoms with Gasteiger partial charge < -0.3 is 64.3 Å². The van der Waals surface area contributed by atoms with Gasteiger partial charge in [-0.05, 0) is 125 Å². The fourth-order valence-corrected chi connectivity index (χ4v) is 8.30. The molecule has 25 heteroatoms. The van der Waals surface area contributed by atoms with Gasteiger partial charge in [0.2, 0.25) is 47.3 Å². The summed E-state index contributed by atoms with van der Waals surface area (Å²) in [6, 6.07) is 24.4. The summed E-state index contributed by atoms with van der Waals surface area (Å²) in [4.78, 5) is 109. The van der Waals surface area contributed by atoms with Crippen LogP contribution in [0.5, 0.6) is 0 Å². The summed E-state index contributed by atoms with van der Waals surface area (Å²) < 4.78 is 0. The van der Waals surface area contributed by atoms with E-state index in [1.54, 1.807) is 86.8 Å². The van der Waals surface area contributed by atoms with E-state index in [9.17, 15) is 43.2 Å². The number of benzene rings is 4. The van der Waals surface area contributed by atoms with Crippen LogP contribution >= 0.6 is 56.4 Å². The SMILES string of the molecule is CCO.CNCC(=O)NC(Cc1ccc(Cl)cc1)C(N)=O.CSSCC(NC(=O)CCc1ccc(Cl)cc1)C(=O)N[C@@H](Cc1ccc(Cl)cc1)C(=O)NCC(=O)NC(CCCCN)C(=O)NCC=O.Cc1ccc(C(N)=O)cc1. The van der Waals surface area contributed by atoms with Crippen LogP contribution in [0.4, 0.5) is 0 Å². The molecule has 0 aliphatic heterocycles. The monoisotopic (exact) mass is 1190 g/mol. The van der Waals surface area contributed by atoms with Crippen molar-refractivity contribution in [3.8, 4) is 0 Å². The number of hydrogen-bond donors (Lipinski definition) is 11. The van der Waals surface area contributed by atoms with E-state index in [2.05, 4.69) is 37.2 Å². The van der Waals surface area contributed by atoms with Crippen molar-refractivity contribution in [1.82, 2.24) is 37.2 Å². The number of aldehydes is 1. The maximum atomic E-state index is 13.5. The molecule has 4 rings (SSSR count). The Morgan fingerprint density at radius 2 is 1.10 bits per heavy atom. The zero-order valence-corrected chi connectivity index (χ0v) is 48.5. The Hall–Kier alpha value is -6.24. The lowest BCUT2D eigenvalue weighted by molar-refractivity contribution is -0.132. The zero-order valence-electron chi connectivity index (χ0n) is 44.6. The Bertz CT molecular complexity index is 2500. The standard InChI is InChI=1S/C32H42Cl2N6O6S2.C12H16ClN3O2.C8H9NO.C2H6O/c1-47-48-20-27(39-28(42)14-9-21-5-10-23(33)11-6-21)32(46)40-26(18-22-7-12-24(34)13-8-22)31(45)37-19-29(43)38-25(4-2-3-15-35)30(44)36-16-17-41;1-15-7-11(17)16-10(12(14)18)6-8-2-4-9(13)5-3-8;1-6-2-4-7(5-3-6)8(9)10;1-2-3/h5-8,10-13,17,25-27H,2-4,9,14-16,18-20,35H2,1H3,(H,36,44)(H,37,45)(H,38,43)(H,39,42)(H,40,46);2-5,10,15H,6-7H2,1H3,(H2,14,18)(H,16,17);2-5H,1H3,(H2,9,10);3H,2H2,1H3/t25?,26-,27?;;;/m0.../s1. The van der Waals surface area contributed by atoms with Crippen LogP contribution in [0.3, 0.4) is 0 Å².